The number of carbonyl (C=O) groups is 2. The molecule has 2 N–H and O–H groups in total. The third-order valence-electron chi connectivity index (χ3n) is 2.09. The van der Waals surface area contributed by atoms with Crippen LogP contribution in [0.2, 0.25) is 0 Å². The molecule has 0 radical (unpaired) electrons. The Morgan fingerprint density at radius 2 is 1.59 bits per heavy atom. The largest absolute Gasteiger partial charge is 0.481 e. The van der Waals surface area contributed by atoms with Gasteiger partial charge in [-0.1, -0.05) is 12.8 Å². The molecule has 7 nitrogen and oxygen atoms in total. The summed E-state index contributed by atoms with van der Waals surface area (Å²) in [6, 6.07) is 0. The Morgan fingerprint density at radius 3 is 2.06 bits per heavy atom. The number of unbranched alkanes of at least 4 members (excludes halogenated alkanes) is 3. The zero-order chi connectivity index (χ0) is 13.1. The number of hydrazine groups is 1. The molecule has 0 unspecified atom stereocenters. The van der Waals surface area contributed by atoms with E-state index in [1.807, 2.05) is 0 Å². The van der Waals surface area contributed by atoms with Crippen molar-refractivity contribution in [1.29, 1.82) is 0 Å². The smallest absolute Gasteiger partial charge is 0.303 e. The van der Waals surface area contributed by atoms with E-state index in [0.29, 0.717) is 19.3 Å². The highest BCUT2D eigenvalue weighted by Gasteiger charge is 2.07. The first-order valence-corrected chi connectivity index (χ1v) is 5.49. The number of nitrogens with zero attached hydrogens (tertiary/aromatic N) is 1. The van der Waals surface area contributed by atoms with E-state index in [-0.39, 0.29) is 12.3 Å². The summed E-state index contributed by atoms with van der Waals surface area (Å²) in [5.74, 6) is -0.981. The molecule has 0 atom stereocenters. The first-order chi connectivity index (χ1) is 8.10. The number of hydrogen-bond donors (Lipinski definition) is 2. The van der Waals surface area contributed by atoms with Crippen molar-refractivity contribution < 1.29 is 24.4 Å². The van der Waals surface area contributed by atoms with E-state index >= 15 is 0 Å². The highest BCUT2D eigenvalue weighted by molar-refractivity contribution is 5.75. The summed E-state index contributed by atoms with van der Waals surface area (Å²) in [5.41, 5.74) is 2.38. The average Bonchev–Trinajstić information content (AvgIpc) is 2.30. The number of carboxylic acids is 1. The Morgan fingerprint density at radius 1 is 1.06 bits per heavy atom. The summed E-state index contributed by atoms with van der Waals surface area (Å²) in [6.45, 7) is 0. The molecular weight excluding hydrogens is 228 g/mol. The maximum atomic E-state index is 11.3. The summed E-state index contributed by atoms with van der Waals surface area (Å²) >= 11 is 0. The summed E-state index contributed by atoms with van der Waals surface area (Å²) in [5, 5.41) is 9.28. The molecule has 0 aromatic rings. The van der Waals surface area contributed by atoms with Gasteiger partial charge in [-0.2, -0.15) is 0 Å². The fourth-order valence-electron chi connectivity index (χ4n) is 1.24. The van der Waals surface area contributed by atoms with Crippen LogP contribution < -0.4 is 5.43 Å². The monoisotopic (exact) mass is 248 g/mol. The molecule has 7 heteroatoms. The molecule has 1 amide bonds. The van der Waals surface area contributed by atoms with E-state index in [1.165, 1.54) is 14.2 Å². The highest BCUT2D eigenvalue weighted by atomic mass is 17.0. The Balaban J connectivity index is 3.42. The summed E-state index contributed by atoms with van der Waals surface area (Å²) < 4.78 is 0. The number of carboxylic acid groups (broad SMARTS) is 1. The van der Waals surface area contributed by atoms with Gasteiger partial charge in [-0.05, 0) is 12.8 Å². The van der Waals surface area contributed by atoms with Crippen LogP contribution in [-0.4, -0.2) is 36.5 Å². The molecule has 0 rings (SSSR count). The van der Waals surface area contributed by atoms with E-state index in [4.69, 9.17) is 5.11 Å². The van der Waals surface area contributed by atoms with Crippen LogP contribution in [0.25, 0.3) is 0 Å². The lowest BCUT2D eigenvalue weighted by molar-refractivity contribution is -0.367. The zero-order valence-corrected chi connectivity index (χ0v) is 10.3. The van der Waals surface area contributed by atoms with Crippen molar-refractivity contribution in [2.45, 2.75) is 38.5 Å². The third-order valence-corrected chi connectivity index (χ3v) is 2.09. The quantitative estimate of drug-likeness (QED) is 0.440. The number of rotatable bonds is 10. The Kier molecular flexibility index (Phi) is 9.31. The van der Waals surface area contributed by atoms with Gasteiger partial charge >= 0.3 is 5.97 Å². The molecular formula is C10H20N2O5. The van der Waals surface area contributed by atoms with Gasteiger partial charge in [0.25, 0.3) is 0 Å². The first kappa shape index (κ1) is 15.8. The molecule has 0 spiro atoms. The molecule has 100 valence electrons. The highest BCUT2D eigenvalue weighted by Crippen LogP contribution is 2.05. The summed E-state index contributed by atoms with van der Waals surface area (Å²) in [6.07, 6.45) is 3.56. The van der Waals surface area contributed by atoms with Gasteiger partial charge < -0.3 is 5.11 Å². The fourth-order valence-corrected chi connectivity index (χ4v) is 1.24. The lowest BCUT2D eigenvalue weighted by atomic mass is 10.1. The van der Waals surface area contributed by atoms with Crippen molar-refractivity contribution >= 4 is 11.9 Å². The Labute approximate surface area is 101 Å². The van der Waals surface area contributed by atoms with E-state index in [0.717, 1.165) is 18.2 Å². The van der Waals surface area contributed by atoms with Crippen molar-refractivity contribution in [3.05, 3.63) is 0 Å². The zero-order valence-electron chi connectivity index (χ0n) is 10.3. The van der Waals surface area contributed by atoms with E-state index in [1.54, 1.807) is 0 Å². The van der Waals surface area contributed by atoms with Crippen LogP contribution in [0.5, 0.6) is 0 Å². The van der Waals surface area contributed by atoms with Crippen molar-refractivity contribution in [2.24, 2.45) is 0 Å². The Hall–Kier alpha value is -1.18. The van der Waals surface area contributed by atoms with Crippen LogP contribution in [-0.2, 0) is 19.3 Å². The molecule has 0 aliphatic carbocycles. The van der Waals surface area contributed by atoms with E-state index < -0.39 is 5.97 Å². The Bertz CT molecular complexity index is 231. The molecule has 0 bridgehead atoms. The number of amides is 1. The lowest BCUT2D eigenvalue weighted by Gasteiger charge is -2.16. The number of aliphatic carboxylic acids is 1. The molecule has 0 aromatic carbocycles. The van der Waals surface area contributed by atoms with Crippen molar-refractivity contribution in [3.63, 3.8) is 0 Å². The molecule has 0 aliphatic heterocycles. The molecule has 0 saturated heterocycles. The maximum absolute atomic E-state index is 11.3. The van der Waals surface area contributed by atoms with Gasteiger partial charge in [0.1, 0.15) is 0 Å². The maximum Gasteiger partial charge on any atom is 0.303 e. The van der Waals surface area contributed by atoms with E-state index in [2.05, 4.69) is 15.1 Å². The fraction of sp³-hybridized carbons (Fsp3) is 0.800. The SMILES string of the molecule is CON(NC(=O)CCCCCCC(=O)O)OC. The normalized spacial score (nSPS) is 10.5. The van der Waals surface area contributed by atoms with Gasteiger partial charge in [0, 0.05) is 18.2 Å². The molecule has 0 heterocycles. The minimum atomic E-state index is -0.779. The van der Waals surface area contributed by atoms with Gasteiger partial charge in [-0.3, -0.25) is 19.3 Å². The second-order valence-corrected chi connectivity index (χ2v) is 3.47. The van der Waals surface area contributed by atoms with Gasteiger partial charge in [0.05, 0.1) is 14.2 Å². The predicted molar refractivity (Wildman–Crippen MR) is 59.3 cm³/mol. The van der Waals surface area contributed by atoms with Gasteiger partial charge in [0.15, 0.2) is 0 Å². The molecule has 0 fully saturated rings. The molecule has 0 aliphatic rings. The molecule has 17 heavy (non-hydrogen) atoms. The van der Waals surface area contributed by atoms with Crippen LogP contribution in [0.3, 0.4) is 0 Å². The summed E-state index contributed by atoms with van der Waals surface area (Å²) in [4.78, 5) is 30.8. The van der Waals surface area contributed by atoms with Crippen LogP contribution in [0.15, 0.2) is 0 Å². The minimum Gasteiger partial charge on any atom is -0.481 e. The lowest BCUT2D eigenvalue weighted by Crippen LogP contribution is -2.40. The summed E-state index contributed by atoms with van der Waals surface area (Å²) in [7, 11) is 2.74. The van der Waals surface area contributed by atoms with Crippen molar-refractivity contribution in [3.8, 4) is 0 Å². The topological polar surface area (TPSA) is 88.1 Å². The van der Waals surface area contributed by atoms with Crippen LogP contribution >= 0.6 is 0 Å². The number of carbonyl (C=O) groups excluding carboxylic acids is 1. The standard InChI is InChI=1S/C10H20N2O5/c1-16-12(17-2)11-9(13)7-5-3-4-6-8-10(14)15/h3-8H2,1-2H3,(H,11,13)(H,14,15). The average molecular weight is 248 g/mol. The first-order valence-electron chi connectivity index (χ1n) is 5.49. The van der Waals surface area contributed by atoms with Gasteiger partial charge in [-0.15, -0.1) is 0 Å². The second kappa shape index (κ2) is 10.0. The van der Waals surface area contributed by atoms with Crippen LogP contribution in [0.1, 0.15) is 38.5 Å². The van der Waals surface area contributed by atoms with Crippen molar-refractivity contribution in [2.75, 3.05) is 14.2 Å². The van der Waals surface area contributed by atoms with Crippen molar-refractivity contribution in [1.82, 2.24) is 10.8 Å². The number of nitrogens with one attached hydrogen (secondary N) is 1. The number of hydrogen-bond acceptors (Lipinski definition) is 5. The van der Waals surface area contributed by atoms with Gasteiger partial charge in [-0.25, -0.2) is 5.43 Å². The molecule has 0 saturated carbocycles. The molecule has 0 aromatic heterocycles. The third kappa shape index (κ3) is 9.73. The predicted octanol–water partition coefficient (Wildman–Crippen LogP) is 0.868. The van der Waals surface area contributed by atoms with Crippen LogP contribution in [0, 0.1) is 0 Å². The second-order valence-electron chi connectivity index (χ2n) is 3.47. The van der Waals surface area contributed by atoms with Gasteiger partial charge in [0.2, 0.25) is 5.91 Å². The minimum absolute atomic E-state index is 0.188. The van der Waals surface area contributed by atoms with Crippen LogP contribution in [0.4, 0.5) is 0 Å². The van der Waals surface area contributed by atoms with E-state index in [9.17, 15) is 9.59 Å².